The fourth-order valence-electron chi connectivity index (χ4n) is 1.67. The number of aromatic nitrogens is 1. The first-order valence-electron chi connectivity index (χ1n) is 5.91. The number of aryl methyl sites for hydroxylation is 3. The lowest BCUT2D eigenvalue weighted by Gasteiger charge is -2.00. The molecule has 0 radical (unpaired) electrons. The Kier molecular flexibility index (Phi) is 3.59. The molecule has 0 bridgehead atoms. The third-order valence-corrected chi connectivity index (χ3v) is 2.74. The van der Waals surface area contributed by atoms with Gasteiger partial charge in [0.2, 0.25) is 5.89 Å². The lowest BCUT2D eigenvalue weighted by molar-refractivity contribution is 0.430. The molecular weight excluding hydrogens is 212 g/mol. The highest BCUT2D eigenvalue weighted by atomic mass is 16.4. The van der Waals surface area contributed by atoms with Gasteiger partial charge in [0.1, 0.15) is 5.76 Å². The summed E-state index contributed by atoms with van der Waals surface area (Å²) < 4.78 is 5.55. The van der Waals surface area contributed by atoms with Crippen molar-refractivity contribution in [3.8, 4) is 0 Å². The van der Waals surface area contributed by atoms with E-state index in [1.807, 2.05) is 6.92 Å². The van der Waals surface area contributed by atoms with Crippen molar-refractivity contribution in [1.82, 2.24) is 4.98 Å². The van der Waals surface area contributed by atoms with Crippen LogP contribution in [0.5, 0.6) is 0 Å². The molecule has 0 aliphatic rings. The quantitative estimate of drug-likeness (QED) is 0.878. The van der Waals surface area contributed by atoms with E-state index in [1.165, 1.54) is 11.1 Å². The van der Waals surface area contributed by atoms with Crippen molar-refractivity contribution in [3.05, 3.63) is 53.2 Å². The molecule has 2 rings (SSSR count). The van der Waals surface area contributed by atoms with Gasteiger partial charge in [-0.2, -0.15) is 0 Å². The molecule has 1 heterocycles. The van der Waals surface area contributed by atoms with Crippen LogP contribution in [-0.4, -0.2) is 4.98 Å². The Hall–Kier alpha value is -1.61. The molecule has 0 fully saturated rings. The summed E-state index contributed by atoms with van der Waals surface area (Å²) in [7, 11) is 0. The number of nitrogens with two attached hydrogens (primary N) is 1. The fourth-order valence-corrected chi connectivity index (χ4v) is 1.67. The summed E-state index contributed by atoms with van der Waals surface area (Å²) in [5.41, 5.74) is 8.29. The molecule has 2 N–H and O–H groups in total. The standard InChI is InChI=1S/C14H18N2O/c1-10-3-5-12(6-4-10)7-8-13-9-16-14(17-13)11(2)15/h3-6,9,11H,7-8,15H2,1-2H3. The molecule has 2 aromatic rings. The van der Waals surface area contributed by atoms with Gasteiger partial charge in [-0.1, -0.05) is 29.8 Å². The smallest absolute Gasteiger partial charge is 0.210 e. The predicted molar refractivity (Wildman–Crippen MR) is 67.7 cm³/mol. The number of hydrogen-bond acceptors (Lipinski definition) is 3. The minimum Gasteiger partial charge on any atom is -0.444 e. The maximum atomic E-state index is 5.69. The molecule has 17 heavy (non-hydrogen) atoms. The summed E-state index contributed by atoms with van der Waals surface area (Å²) in [5.74, 6) is 1.52. The van der Waals surface area contributed by atoms with Gasteiger partial charge in [0.15, 0.2) is 0 Å². The molecule has 0 amide bonds. The minimum absolute atomic E-state index is 0.136. The first-order chi connectivity index (χ1) is 8.15. The summed E-state index contributed by atoms with van der Waals surface area (Å²) in [6, 6.07) is 8.42. The topological polar surface area (TPSA) is 52.0 Å². The number of benzene rings is 1. The lowest BCUT2D eigenvalue weighted by Crippen LogP contribution is -2.04. The van der Waals surface area contributed by atoms with Crippen molar-refractivity contribution in [2.24, 2.45) is 5.73 Å². The molecular formula is C14H18N2O. The first-order valence-corrected chi connectivity index (χ1v) is 5.91. The Balaban J connectivity index is 1.95. The highest BCUT2D eigenvalue weighted by molar-refractivity contribution is 5.21. The van der Waals surface area contributed by atoms with Crippen molar-refractivity contribution in [2.75, 3.05) is 0 Å². The van der Waals surface area contributed by atoms with Crippen LogP contribution in [0, 0.1) is 6.92 Å². The highest BCUT2D eigenvalue weighted by Gasteiger charge is 2.07. The van der Waals surface area contributed by atoms with Crippen molar-refractivity contribution < 1.29 is 4.42 Å². The van der Waals surface area contributed by atoms with Crippen molar-refractivity contribution in [3.63, 3.8) is 0 Å². The van der Waals surface area contributed by atoms with Crippen LogP contribution < -0.4 is 5.73 Å². The fraction of sp³-hybridized carbons (Fsp3) is 0.357. The van der Waals surface area contributed by atoms with Crippen LogP contribution in [0.3, 0.4) is 0 Å². The van der Waals surface area contributed by atoms with E-state index in [0.717, 1.165) is 18.6 Å². The molecule has 3 heteroatoms. The largest absolute Gasteiger partial charge is 0.444 e. The molecule has 0 aliphatic heterocycles. The van der Waals surface area contributed by atoms with Gasteiger partial charge in [-0.15, -0.1) is 0 Å². The summed E-state index contributed by atoms with van der Waals surface area (Å²) in [5, 5.41) is 0. The van der Waals surface area contributed by atoms with Crippen molar-refractivity contribution >= 4 is 0 Å². The van der Waals surface area contributed by atoms with Crippen LogP contribution in [0.2, 0.25) is 0 Å². The van der Waals surface area contributed by atoms with Gasteiger partial charge in [0.05, 0.1) is 12.2 Å². The molecule has 1 aromatic heterocycles. The van der Waals surface area contributed by atoms with Crippen LogP contribution in [-0.2, 0) is 12.8 Å². The Morgan fingerprint density at radius 3 is 2.53 bits per heavy atom. The monoisotopic (exact) mass is 230 g/mol. The summed E-state index contributed by atoms with van der Waals surface area (Å²) in [6.07, 6.45) is 3.60. The van der Waals surface area contributed by atoms with E-state index in [2.05, 4.69) is 36.2 Å². The molecule has 0 saturated carbocycles. The summed E-state index contributed by atoms with van der Waals surface area (Å²) in [4.78, 5) is 4.15. The molecule has 0 spiro atoms. The predicted octanol–water partition coefficient (Wildman–Crippen LogP) is 2.79. The average molecular weight is 230 g/mol. The SMILES string of the molecule is Cc1ccc(CCc2cnc(C(C)N)o2)cc1. The maximum absolute atomic E-state index is 5.69. The molecule has 90 valence electrons. The van der Waals surface area contributed by atoms with E-state index >= 15 is 0 Å². The van der Waals surface area contributed by atoms with Gasteiger partial charge in [-0.05, 0) is 25.8 Å². The van der Waals surface area contributed by atoms with Gasteiger partial charge in [0, 0.05) is 6.42 Å². The molecule has 1 unspecified atom stereocenters. The second-order valence-electron chi connectivity index (χ2n) is 4.44. The zero-order chi connectivity index (χ0) is 12.3. The minimum atomic E-state index is -0.136. The van der Waals surface area contributed by atoms with E-state index < -0.39 is 0 Å². The normalized spacial score (nSPS) is 12.6. The third kappa shape index (κ3) is 3.17. The Bertz CT molecular complexity index is 471. The van der Waals surface area contributed by atoms with Crippen LogP contribution in [0.15, 0.2) is 34.9 Å². The molecule has 1 atom stereocenters. The Labute approximate surface area is 102 Å². The van der Waals surface area contributed by atoms with E-state index in [0.29, 0.717) is 5.89 Å². The second kappa shape index (κ2) is 5.15. The van der Waals surface area contributed by atoms with Gasteiger partial charge < -0.3 is 10.2 Å². The first kappa shape index (κ1) is 11.9. The van der Waals surface area contributed by atoms with Crippen LogP contribution in [0.4, 0.5) is 0 Å². The second-order valence-corrected chi connectivity index (χ2v) is 4.44. The van der Waals surface area contributed by atoms with Crippen molar-refractivity contribution in [1.29, 1.82) is 0 Å². The number of oxazole rings is 1. The van der Waals surface area contributed by atoms with Gasteiger partial charge in [-0.25, -0.2) is 4.98 Å². The molecule has 0 aliphatic carbocycles. The van der Waals surface area contributed by atoms with Gasteiger partial charge in [0.25, 0.3) is 0 Å². The lowest BCUT2D eigenvalue weighted by atomic mass is 10.1. The molecule has 3 nitrogen and oxygen atoms in total. The number of rotatable bonds is 4. The Morgan fingerprint density at radius 2 is 1.94 bits per heavy atom. The van der Waals surface area contributed by atoms with Crippen LogP contribution in [0.25, 0.3) is 0 Å². The van der Waals surface area contributed by atoms with Crippen molar-refractivity contribution in [2.45, 2.75) is 32.7 Å². The highest BCUT2D eigenvalue weighted by Crippen LogP contribution is 2.13. The molecule has 0 saturated heterocycles. The van der Waals surface area contributed by atoms with Crippen LogP contribution in [0.1, 0.15) is 35.7 Å². The van der Waals surface area contributed by atoms with E-state index in [4.69, 9.17) is 10.2 Å². The third-order valence-electron chi connectivity index (χ3n) is 2.74. The number of hydrogen-bond donors (Lipinski definition) is 1. The Morgan fingerprint density at radius 1 is 1.24 bits per heavy atom. The van der Waals surface area contributed by atoms with E-state index in [9.17, 15) is 0 Å². The van der Waals surface area contributed by atoms with E-state index in [-0.39, 0.29) is 6.04 Å². The maximum Gasteiger partial charge on any atom is 0.210 e. The summed E-state index contributed by atoms with van der Waals surface area (Å²) in [6.45, 7) is 3.96. The van der Waals surface area contributed by atoms with Gasteiger partial charge in [-0.3, -0.25) is 0 Å². The van der Waals surface area contributed by atoms with Gasteiger partial charge >= 0.3 is 0 Å². The zero-order valence-electron chi connectivity index (χ0n) is 10.3. The van der Waals surface area contributed by atoms with E-state index in [1.54, 1.807) is 6.20 Å². The summed E-state index contributed by atoms with van der Waals surface area (Å²) >= 11 is 0. The number of nitrogens with zero attached hydrogens (tertiary/aromatic N) is 1. The molecule has 1 aromatic carbocycles. The average Bonchev–Trinajstić information content (AvgIpc) is 2.77. The van der Waals surface area contributed by atoms with Crippen LogP contribution >= 0.6 is 0 Å². The zero-order valence-corrected chi connectivity index (χ0v) is 10.3.